The van der Waals surface area contributed by atoms with Gasteiger partial charge in [-0.25, -0.2) is 0 Å². The van der Waals surface area contributed by atoms with Crippen molar-refractivity contribution in [3.63, 3.8) is 0 Å². The lowest BCUT2D eigenvalue weighted by Crippen LogP contribution is -2.10. The number of hydrogen-bond donors (Lipinski definition) is 2. The number of carbonyl (C=O) groups is 2. The van der Waals surface area contributed by atoms with E-state index in [-0.39, 0.29) is 11.8 Å². The maximum Gasteiger partial charge on any atom is 0.224 e. The van der Waals surface area contributed by atoms with E-state index >= 15 is 0 Å². The Hall–Kier alpha value is -2.80. The number of terminal acetylenes is 2. The largest absolute Gasteiger partial charge is 0.326 e. The van der Waals surface area contributed by atoms with Crippen molar-refractivity contribution in [2.24, 2.45) is 0 Å². The molecule has 0 heterocycles. The topological polar surface area (TPSA) is 58.2 Å². The number of nitrogens with one attached hydrogen (secondary N) is 2. The standard InChI is InChI=1S/C38H52N2O2S2/c1-3-33-23-27-35(28-24-33)39-37(41)21-17-13-9-5-7-11-15-19-31-43-44-32-20-16-12-8-6-10-14-18-22-38(42)40-36-29-25-34(4-2)26-30-36/h1-2,23-30H,5-22,31-32H2,(H,39,41)(H,40,42). The van der Waals surface area contributed by atoms with E-state index in [1.54, 1.807) is 0 Å². The Morgan fingerprint density at radius 2 is 0.773 bits per heavy atom. The predicted molar refractivity (Wildman–Crippen MR) is 194 cm³/mol. The Bertz CT molecular complexity index is 1040. The summed E-state index contributed by atoms with van der Waals surface area (Å²) >= 11 is 0. The average molecular weight is 633 g/mol. The normalized spacial score (nSPS) is 10.6. The van der Waals surface area contributed by atoms with Crippen molar-refractivity contribution in [3.05, 3.63) is 59.7 Å². The molecule has 2 N–H and O–H groups in total. The van der Waals surface area contributed by atoms with Crippen molar-refractivity contribution in [3.8, 4) is 24.7 Å². The van der Waals surface area contributed by atoms with E-state index in [2.05, 4.69) is 22.5 Å². The molecule has 2 aromatic carbocycles. The van der Waals surface area contributed by atoms with Crippen LogP contribution in [-0.2, 0) is 9.59 Å². The summed E-state index contributed by atoms with van der Waals surface area (Å²) < 4.78 is 0. The number of anilines is 2. The van der Waals surface area contributed by atoms with E-state index in [0.717, 1.165) is 48.2 Å². The second-order valence-corrected chi connectivity index (χ2v) is 14.0. The Balaban J connectivity index is 1.24. The van der Waals surface area contributed by atoms with Gasteiger partial charge in [0.15, 0.2) is 0 Å². The molecule has 0 aliphatic carbocycles. The van der Waals surface area contributed by atoms with Gasteiger partial charge in [0.05, 0.1) is 0 Å². The molecule has 238 valence electrons. The molecule has 4 nitrogen and oxygen atoms in total. The monoisotopic (exact) mass is 632 g/mol. The van der Waals surface area contributed by atoms with Crippen LogP contribution in [0.5, 0.6) is 0 Å². The van der Waals surface area contributed by atoms with Crippen molar-refractivity contribution < 1.29 is 9.59 Å². The van der Waals surface area contributed by atoms with Crippen LogP contribution in [0.4, 0.5) is 11.4 Å². The van der Waals surface area contributed by atoms with Crippen molar-refractivity contribution in [1.29, 1.82) is 0 Å². The summed E-state index contributed by atoms with van der Waals surface area (Å²) in [5.74, 6) is 7.86. The molecule has 2 aromatic rings. The molecule has 0 saturated carbocycles. The SMILES string of the molecule is C#Cc1ccc(NC(=O)CCCCCCCCCCSSCCCCCCCCCCC(=O)Nc2ccc(C#C)cc2)cc1. The van der Waals surface area contributed by atoms with Gasteiger partial charge in [-0.05, 0) is 74.2 Å². The second kappa shape index (κ2) is 25.5. The van der Waals surface area contributed by atoms with Gasteiger partial charge in [0.25, 0.3) is 0 Å². The summed E-state index contributed by atoms with van der Waals surface area (Å²) in [6, 6.07) is 14.8. The fraction of sp³-hybridized carbons (Fsp3) is 0.526. The fourth-order valence-corrected chi connectivity index (χ4v) is 7.17. The van der Waals surface area contributed by atoms with Gasteiger partial charge < -0.3 is 10.6 Å². The minimum Gasteiger partial charge on any atom is -0.326 e. The van der Waals surface area contributed by atoms with Crippen LogP contribution in [0.1, 0.15) is 127 Å². The van der Waals surface area contributed by atoms with Crippen LogP contribution in [0.3, 0.4) is 0 Å². The molecular formula is C38H52N2O2S2. The Kier molecular flexibility index (Phi) is 21.7. The Morgan fingerprint density at radius 3 is 1.09 bits per heavy atom. The summed E-state index contributed by atoms with van der Waals surface area (Å²) in [5.41, 5.74) is 3.27. The zero-order valence-electron chi connectivity index (χ0n) is 26.5. The number of carbonyl (C=O) groups excluding carboxylic acids is 2. The summed E-state index contributed by atoms with van der Waals surface area (Å²) in [6.07, 6.45) is 31.6. The van der Waals surface area contributed by atoms with E-state index in [0.29, 0.717) is 12.8 Å². The van der Waals surface area contributed by atoms with Crippen molar-refractivity contribution in [2.75, 3.05) is 22.1 Å². The number of rotatable bonds is 25. The molecule has 0 saturated heterocycles. The maximum absolute atomic E-state index is 12.1. The molecule has 6 heteroatoms. The molecule has 0 aliphatic rings. The van der Waals surface area contributed by atoms with Gasteiger partial charge in [0, 0.05) is 46.8 Å². The van der Waals surface area contributed by atoms with E-state index in [1.165, 1.54) is 88.6 Å². The van der Waals surface area contributed by atoms with Gasteiger partial charge in [-0.15, -0.1) is 12.8 Å². The van der Waals surface area contributed by atoms with Gasteiger partial charge in [-0.1, -0.05) is 110 Å². The van der Waals surface area contributed by atoms with Gasteiger partial charge in [-0.3, -0.25) is 9.59 Å². The molecule has 0 atom stereocenters. The summed E-state index contributed by atoms with van der Waals surface area (Å²) in [6.45, 7) is 0. The fourth-order valence-electron chi connectivity index (χ4n) is 4.88. The minimum absolute atomic E-state index is 0.0843. The van der Waals surface area contributed by atoms with E-state index < -0.39 is 0 Å². The number of amides is 2. The summed E-state index contributed by atoms with van der Waals surface area (Å²) in [7, 11) is 4.09. The van der Waals surface area contributed by atoms with Crippen LogP contribution >= 0.6 is 21.6 Å². The first-order chi connectivity index (χ1) is 21.6. The summed E-state index contributed by atoms with van der Waals surface area (Å²) in [5, 5.41) is 5.88. The van der Waals surface area contributed by atoms with E-state index in [4.69, 9.17) is 12.8 Å². The van der Waals surface area contributed by atoms with Gasteiger partial charge in [0.2, 0.25) is 11.8 Å². The lowest BCUT2D eigenvalue weighted by atomic mass is 10.1. The quantitative estimate of drug-likeness (QED) is 0.0650. The van der Waals surface area contributed by atoms with Gasteiger partial charge in [-0.2, -0.15) is 0 Å². The van der Waals surface area contributed by atoms with E-state index in [9.17, 15) is 9.59 Å². The molecule has 2 rings (SSSR count). The number of hydrogen-bond acceptors (Lipinski definition) is 4. The lowest BCUT2D eigenvalue weighted by Gasteiger charge is -2.06. The first kappa shape index (κ1) is 37.4. The molecule has 0 aliphatic heterocycles. The van der Waals surface area contributed by atoms with Gasteiger partial charge in [0.1, 0.15) is 0 Å². The molecule has 0 fully saturated rings. The third kappa shape index (κ3) is 19.5. The molecular weight excluding hydrogens is 581 g/mol. The number of unbranched alkanes of at least 4 members (excludes halogenated alkanes) is 14. The molecule has 0 radical (unpaired) electrons. The van der Waals surface area contributed by atoms with Crippen LogP contribution in [0.25, 0.3) is 0 Å². The predicted octanol–water partition coefficient (Wildman–Crippen LogP) is 10.6. The molecule has 2 amide bonds. The van der Waals surface area contributed by atoms with Crippen LogP contribution in [0.2, 0.25) is 0 Å². The first-order valence-electron chi connectivity index (χ1n) is 16.6. The number of benzene rings is 2. The van der Waals surface area contributed by atoms with Crippen LogP contribution < -0.4 is 10.6 Å². The third-order valence-corrected chi connectivity index (χ3v) is 10.1. The van der Waals surface area contributed by atoms with Gasteiger partial charge >= 0.3 is 0 Å². The van der Waals surface area contributed by atoms with Crippen LogP contribution in [0.15, 0.2) is 48.5 Å². The molecule has 0 spiro atoms. The van der Waals surface area contributed by atoms with Crippen LogP contribution in [0, 0.1) is 24.7 Å². The Labute approximate surface area is 275 Å². The molecule has 0 bridgehead atoms. The smallest absolute Gasteiger partial charge is 0.224 e. The van der Waals surface area contributed by atoms with E-state index in [1.807, 2.05) is 70.1 Å². The highest BCUT2D eigenvalue weighted by Gasteiger charge is 2.04. The minimum atomic E-state index is 0.0843. The second-order valence-electron chi connectivity index (χ2n) is 11.3. The maximum atomic E-state index is 12.1. The first-order valence-corrected chi connectivity index (χ1v) is 19.1. The lowest BCUT2D eigenvalue weighted by molar-refractivity contribution is -0.117. The highest BCUT2D eigenvalue weighted by Crippen LogP contribution is 2.25. The van der Waals surface area contributed by atoms with Crippen LogP contribution in [-0.4, -0.2) is 23.3 Å². The highest BCUT2D eigenvalue weighted by atomic mass is 33.1. The summed E-state index contributed by atoms with van der Waals surface area (Å²) in [4.78, 5) is 24.1. The third-order valence-electron chi connectivity index (χ3n) is 7.52. The van der Waals surface area contributed by atoms with Crippen molar-refractivity contribution in [1.82, 2.24) is 0 Å². The molecule has 0 unspecified atom stereocenters. The van der Waals surface area contributed by atoms with Crippen molar-refractivity contribution in [2.45, 2.75) is 116 Å². The zero-order chi connectivity index (χ0) is 31.5. The molecule has 0 aromatic heterocycles. The molecule has 44 heavy (non-hydrogen) atoms. The Morgan fingerprint density at radius 1 is 0.477 bits per heavy atom. The van der Waals surface area contributed by atoms with Crippen molar-refractivity contribution >= 4 is 44.8 Å². The highest BCUT2D eigenvalue weighted by molar-refractivity contribution is 8.76. The average Bonchev–Trinajstić information content (AvgIpc) is 3.04. The zero-order valence-corrected chi connectivity index (χ0v) is 28.2.